The summed E-state index contributed by atoms with van der Waals surface area (Å²) in [6, 6.07) is 10.2. The van der Waals surface area contributed by atoms with Gasteiger partial charge in [0.25, 0.3) is 0 Å². The molecule has 1 aliphatic rings. The molecule has 128 valence electrons. The van der Waals surface area contributed by atoms with Crippen LogP contribution in [0.25, 0.3) is 5.69 Å². The number of benzene rings is 1. The lowest BCUT2D eigenvalue weighted by molar-refractivity contribution is 0.316. The summed E-state index contributed by atoms with van der Waals surface area (Å²) < 4.78 is 1.78. The summed E-state index contributed by atoms with van der Waals surface area (Å²) in [6.45, 7) is 3.14. The molecule has 0 aliphatic carbocycles. The molecule has 0 saturated carbocycles. The van der Waals surface area contributed by atoms with Crippen molar-refractivity contribution in [3.05, 3.63) is 71.5 Å². The molecular formula is C19H20ClN5. The van der Waals surface area contributed by atoms with E-state index in [2.05, 4.69) is 38.2 Å². The molecule has 6 heteroatoms. The summed E-state index contributed by atoms with van der Waals surface area (Å²) in [7, 11) is 0. The first-order valence-electron chi connectivity index (χ1n) is 8.52. The van der Waals surface area contributed by atoms with Crippen LogP contribution in [-0.2, 0) is 13.0 Å². The van der Waals surface area contributed by atoms with Gasteiger partial charge < -0.3 is 0 Å². The molecule has 5 nitrogen and oxygen atoms in total. The van der Waals surface area contributed by atoms with Crippen LogP contribution in [0.1, 0.15) is 17.5 Å². The Bertz CT molecular complexity index is 819. The summed E-state index contributed by atoms with van der Waals surface area (Å²) in [5.74, 6) is 0.699. The predicted octanol–water partition coefficient (Wildman–Crippen LogP) is 3.38. The van der Waals surface area contributed by atoms with Gasteiger partial charge in [0.1, 0.15) is 12.7 Å². The molecule has 0 radical (unpaired) electrons. The van der Waals surface area contributed by atoms with Gasteiger partial charge in [-0.25, -0.2) is 9.67 Å². The van der Waals surface area contributed by atoms with Crippen molar-refractivity contribution in [2.75, 3.05) is 13.1 Å². The second-order valence-corrected chi connectivity index (χ2v) is 7.00. The van der Waals surface area contributed by atoms with E-state index in [1.165, 1.54) is 17.5 Å². The van der Waals surface area contributed by atoms with Crippen molar-refractivity contribution in [3.63, 3.8) is 0 Å². The fraction of sp³-hybridized carbons (Fsp3) is 0.316. The van der Waals surface area contributed by atoms with Gasteiger partial charge in [0, 0.05) is 30.5 Å². The number of halogens is 1. The predicted molar refractivity (Wildman–Crippen MR) is 97.7 cm³/mol. The first kappa shape index (κ1) is 16.2. The third-order valence-corrected chi connectivity index (χ3v) is 4.99. The van der Waals surface area contributed by atoms with E-state index in [4.69, 9.17) is 11.6 Å². The van der Waals surface area contributed by atoms with Crippen LogP contribution in [0.2, 0.25) is 5.02 Å². The molecule has 1 atom stereocenters. The third kappa shape index (κ3) is 3.89. The van der Waals surface area contributed by atoms with Gasteiger partial charge in [-0.3, -0.25) is 9.88 Å². The summed E-state index contributed by atoms with van der Waals surface area (Å²) in [5, 5.41) is 4.97. The molecule has 0 amide bonds. The Balaban J connectivity index is 1.45. The van der Waals surface area contributed by atoms with Gasteiger partial charge in [0.05, 0.1) is 5.69 Å². The van der Waals surface area contributed by atoms with Crippen LogP contribution in [-0.4, -0.2) is 37.7 Å². The van der Waals surface area contributed by atoms with Gasteiger partial charge in [0.15, 0.2) is 0 Å². The van der Waals surface area contributed by atoms with Gasteiger partial charge in [0.2, 0.25) is 0 Å². The van der Waals surface area contributed by atoms with Crippen LogP contribution >= 0.6 is 11.6 Å². The zero-order chi connectivity index (χ0) is 17.1. The molecule has 3 heterocycles. The summed E-state index contributed by atoms with van der Waals surface area (Å²) in [6.07, 6.45) is 9.36. The molecule has 1 saturated heterocycles. The number of hydrogen-bond acceptors (Lipinski definition) is 4. The van der Waals surface area contributed by atoms with Crippen molar-refractivity contribution in [2.24, 2.45) is 5.92 Å². The van der Waals surface area contributed by atoms with E-state index in [-0.39, 0.29) is 0 Å². The van der Waals surface area contributed by atoms with Crippen molar-refractivity contribution < 1.29 is 0 Å². The number of likely N-dealkylation sites (tertiary alicyclic amines) is 1. The van der Waals surface area contributed by atoms with E-state index in [0.717, 1.165) is 31.7 Å². The maximum Gasteiger partial charge on any atom is 0.138 e. The number of pyridine rings is 1. The minimum Gasteiger partial charge on any atom is -0.299 e. The lowest BCUT2D eigenvalue weighted by Crippen LogP contribution is -2.21. The summed E-state index contributed by atoms with van der Waals surface area (Å²) in [5.41, 5.74) is 3.60. The Morgan fingerprint density at radius 2 is 2.00 bits per heavy atom. The maximum atomic E-state index is 6.18. The lowest BCUT2D eigenvalue weighted by atomic mass is 10.00. The van der Waals surface area contributed by atoms with Crippen LogP contribution in [0.4, 0.5) is 0 Å². The zero-order valence-corrected chi connectivity index (χ0v) is 14.7. The molecule has 4 rings (SSSR count). The second-order valence-electron chi connectivity index (χ2n) is 6.56. The van der Waals surface area contributed by atoms with Crippen LogP contribution < -0.4 is 0 Å². The monoisotopic (exact) mass is 353 g/mol. The first-order chi connectivity index (χ1) is 12.3. The van der Waals surface area contributed by atoms with E-state index in [0.29, 0.717) is 10.9 Å². The maximum absolute atomic E-state index is 6.18. The van der Waals surface area contributed by atoms with Gasteiger partial charge in [-0.2, -0.15) is 5.10 Å². The molecule has 2 aromatic heterocycles. The zero-order valence-electron chi connectivity index (χ0n) is 13.9. The fourth-order valence-corrected chi connectivity index (χ4v) is 3.70. The highest BCUT2D eigenvalue weighted by Crippen LogP contribution is 2.25. The highest BCUT2D eigenvalue weighted by Gasteiger charge is 2.23. The molecule has 0 bridgehead atoms. The molecule has 1 unspecified atom stereocenters. The fourth-order valence-electron chi connectivity index (χ4n) is 3.53. The van der Waals surface area contributed by atoms with Crippen LogP contribution in [0.15, 0.2) is 55.4 Å². The van der Waals surface area contributed by atoms with E-state index in [9.17, 15) is 0 Å². The standard InChI is InChI=1S/C19H20ClN5/c20-18-2-1-17(19(10-18)25-14-22-13-23-25)12-24-8-5-16(11-24)9-15-3-6-21-7-4-15/h1-4,6-7,10,13-14,16H,5,8-9,11-12H2. The average Bonchev–Trinajstić information content (AvgIpc) is 3.30. The van der Waals surface area contributed by atoms with Gasteiger partial charge in [-0.1, -0.05) is 17.7 Å². The minimum atomic E-state index is 0.699. The third-order valence-electron chi connectivity index (χ3n) is 4.75. The van der Waals surface area contributed by atoms with Crippen LogP contribution in [0.3, 0.4) is 0 Å². The summed E-state index contributed by atoms with van der Waals surface area (Å²) >= 11 is 6.18. The van der Waals surface area contributed by atoms with E-state index < -0.39 is 0 Å². The van der Waals surface area contributed by atoms with Gasteiger partial charge in [-0.15, -0.1) is 0 Å². The topological polar surface area (TPSA) is 46.8 Å². The minimum absolute atomic E-state index is 0.699. The van der Waals surface area contributed by atoms with Gasteiger partial charge in [-0.05, 0) is 60.7 Å². The first-order valence-corrected chi connectivity index (χ1v) is 8.90. The molecular weight excluding hydrogens is 334 g/mol. The van der Waals surface area contributed by atoms with Crippen molar-refractivity contribution in [1.82, 2.24) is 24.6 Å². The Morgan fingerprint density at radius 1 is 1.12 bits per heavy atom. The molecule has 0 spiro atoms. The summed E-state index contributed by atoms with van der Waals surface area (Å²) in [4.78, 5) is 10.7. The van der Waals surface area contributed by atoms with Crippen LogP contribution in [0, 0.1) is 5.92 Å². The van der Waals surface area contributed by atoms with E-state index in [1.54, 1.807) is 17.3 Å². The van der Waals surface area contributed by atoms with Crippen molar-refractivity contribution >= 4 is 11.6 Å². The Kier molecular flexibility index (Phi) is 4.76. The molecule has 3 aromatic rings. The van der Waals surface area contributed by atoms with Crippen molar-refractivity contribution in [2.45, 2.75) is 19.4 Å². The van der Waals surface area contributed by atoms with Crippen molar-refractivity contribution in [3.8, 4) is 5.69 Å². The molecule has 1 aromatic carbocycles. The molecule has 25 heavy (non-hydrogen) atoms. The molecule has 1 fully saturated rings. The lowest BCUT2D eigenvalue weighted by Gasteiger charge is -2.18. The SMILES string of the molecule is Clc1ccc(CN2CCC(Cc3ccncc3)C2)c(-n2cncn2)c1. The quantitative estimate of drug-likeness (QED) is 0.705. The van der Waals surface area contributed by atoms with E-state index in [1.807, 2.05) is 24.5 Å². The largest absolute Gasteiger partial charge is 0.299 e. The number of aromatic nitrogens is 4. The second kappa shape index (κ2) is 7.33. The number of rotatable bonds is 5. The van der Waals surface area contributed by atoms with Crippen LogP contribution in [0.5, 0.6) is 0 Å². The van der Waals surface area contributed by atoms with E-state index >= 15 is 0 Å². The molecule has 0 N–H and O–H groups in total. The number of hydrogen-bond donors (Lipinski definition) is 0. The van der Waals surface area contributed by atoms with Crippen molar-refractivity contribution in [1.29, 1.82) is 0 Å². The highest BCUT2D eigenvalue weighted by atomic mass is 35.5. The number of nitrogens with zero attached hydrogens (tertiary/aromatic N) is 5. The Labute approximate surface area is 152 Å². The van der Waals surface area contributed by atoms with Gasteiger partial charge >= 0.3 is 0 Å². The smallest absolute Gasteiger partial charge is 0.138 e. The average molecular weight is 354 g/mol. The Morgan fingerprint density at radius 3 is 2.80 bits per heavy atom. The Hall–Kier alpha value is -2.24. The molecule has 1 aliphatic heterocycles. The normalized spacial score (nSPS) is 17.9. The highest BCUT2D eigenvalue weighted by molar-refractivity contribution is 6.30.